The molecule has 0 saturated carbocycles. The highest BCUT2D eigenvalue weighted by atomic mass is 32.1. The Morgan fingerprint density at radius 1 is 0.917 bits per heavy atom. The third-order valence-corrected chi connectivity index (χ3v) is 8.17. The number of carbonyl (C=O) groups is 1. The maximum Gasteiger partial charge on any atom is 0.345 e. The fraction of sp³-hybridized carbons (Fsp3) is 0.364. The normalized spacial score (nSPS) is 15.1. The lowest BCUT2D eigenvalue weighted by molar-refractivity contribution is 0.0702. The molecule has 3 aromatic rings. The van der Waals surface area contributed by atoms with Gasteiger partial charge in [-0.15, -0.1) is 11.3 Å². The summed E-state index contributed by atoms with van der Waals surface area (Å²) in [4.78, 5) is 12.8. The van der Waals surface area contributed by atoms with Gasteiger partial charge in [0, 0.05) is 16.0 Å². The number of aryl methyl sites for hydroxylation is 2. The van der Waals surface area contributed by atoms with Crippen LogP contribution in [0, 0.1) is 17.8 Å². The highest BCUT2D eigenvalue weighted by Crippen LogP contribution is 2.41. The Balaban J connectivity index is 1.49. The van der Waals surface area contributed by atoms with Crippen LogP contribution < -0.4 is 0 Å². The molecule has 0 saturated heterocycles. The first-order chi connectivity index (χ1) is 17.6. The van der Waals surface area contributed by atoms with Crippen molar-refractivity contribution < 1.29 is 9.90 Å². The van der Waals surface area contributed by atoms with Gasteiger partial charge in [0.1, 0.15) is 4.88 Å². The smallest absolute Gasteiger partial charge is 0.345 e. The maximum absolute atomic E-state index is 11.2. The van der Waals surface area contributed by atoms with E-state index in [9.17, 15) is 9.90 Å². The molecule has 1 heterocycles. The van der Waals surface area contributed by atoms with Gasteiger partial charge in [-0.25, -0.2) is 4.79 Å². The van der Waals surface area contributed by atoms with Crippen molar-refractivity contribution in [1.29, 1.82) is 0 Å². The summed E-state index contributed by atoms with van der Waals surface area (Å²) < 4.78 is 0. The quantitative estimate of drug-likeness (QED) is 0.213. The third-order valence-electron chi connectivity index (χ3n) is 7.04. The monoisotopic (exact) mass is 496 g/mol. The van der Waals surface area contributed by atoms with Gasteiger partial charge in [0.2, 0.25) is 0 Å². The van der Waals surface area contributed by atoms with Crippen molar-refractivity contribution in [1.82, 2.24) is 0 Å². The van der Waals surface area contributed by atoms with E-state index in [1.165, 1.54) is 59.3 Å². The SMILES string of the molecule is CCCCCCc1ccc(C2=C(C#Cc3ccccc3)CCC2CCCc2ccc(C(=O)O)s2)cc1. The highest BCUT2D eigenvalue weighted by molar-refractivity contribution is 7.13. The van der Waals surface area contributed by atoms with Crippen molar-refractivity contribution in [3.8, 4) is 11.8 Å². The molecule has 2 nitrogen and oxygen atoms in total. The summed E-state index contributed by atoms with van der Waals surface area (Å²) in [6.45, 7) is 2.26. The Morgan fingerprint density at radius 2 is 1.72 bits per heavy atom. The van der Waals surface area contributed by atoms with Crippen molar-refractivity contribution in [3.63, 3.8) is 0 Å². The minimum atomic E-state index is -0.831. The molecule has 4 rings (SSSR count). The fourth-order valence-electron chi connectivity index (χ4n) is 5.10. The zero-order valence-corrected chi connectivity index (χ0v) is 22.1. The summed E-state index contributed by atoms with van der Waals surface area (Å²) in [6.07, 6.45) is 11.6. The van der Waals surface area contributed by atoms with E-state index in [0.29, 0.717) is 10.8 Å². The lowest BCUT2D eigenvalue weighted by Gasteiger charge is -2.16. The Labute approximate surface area is 220 Å². The Hall–Kier alpha value is -3.09. The first kappa shape index (κ1) is 26.0. The highest BCUT2D eigenvalue weighted by Gasteiger charge is 2.26. The van der Waals surface area contributed by atoms with E-state index in [4.69, 9.17) is 0 Å². The second-order valence-corrected chi connectivity index (χ2v) is 10.9. The van der Waals surface area contributed by atoms with Crippen LogP contribution in [0.3, 0.4) is 0 Å². The molecule has 0 spiro atoms. The summed E-state index contributed by atoms with van der Waals surface area (Å²) in [6, 6.07) is 23.2. The molecule has 0 bridgehead atoms. The Morgan fingerprint density at radius 3 is 2.44 bits per heavy atom. The number of carboxylic acid groups (broad SMARTS) is 1. The van der Waals surface area contributed by atoms with Crippen molar-refractivity contribution in [3.05, 3.63) is 98.7 Å². The average molecular weight is 497 g/mol. The van der Waals surface area contributed by atoms with Crippen LogP contribution in [-0.2, 0) is 12.8 Å². The molecule has 186 valence electrons. The predicted octanol–water partition coefficient (Wildman–Crippen LogP) is 8.81. The van der Waals surface area contributed by atoms with Gasteiger partial charge in [0.25, 0.3) is 0 Å². The van der Waals surface area contributed by atoms with Gasteiger partial charge in [-0.2, -0.15) is 0 Å². The zero-order valence-electron chi connectivity index (χ0n) is 21.3. The molecule has 1 atom stereocenters. The van der Waals surface area contributed by atoms with E-state index in [0.717, 1.165) is 49.0 Å². The van der Waals surface area contributed by atoms with Gasteiger partial charge >= 0.3 is 5.97 Å². The van der Waals surface area contributed by atoms with E-state index in [2.05, 4.69) is 55.2 Å². The molecule has 0 radical (unpaired) electrons. The number of unbranched alkanes of at least 4 members (excludes halogenated alkanes) is 3. The number of thiophene rings is 1. The first-order valence-corrected chi connectivity index (χ1v) is 14.2. The summed E-state index contributed by atoms with van der Waals surface area (Å²) in [5, 5.41) is 9.20. The van der Waals surface area contributed by atoms with Gasteiger partial charge in [0.15, 0.2) is 0 Å². The Kier molecular flexibility index (Phi) is 9.59. The van der Waals surface area contributed by atoms with Crippen molar-refractivity contribution >= 4 is 22.9 Å². The topological polar surface area (TPSA) is 37.3 Å². The van der Waals surface area contributed by atoms with Crippen molar-refractivity contribution in [2.45, 2.75) is 71.1 Å². The van der Waals surface area contributed by atoms with Crippen molar-refractivity contribution in [2.24, 2.45) is 5.92 Å². The minimum Gasteiger partial charge on any atom is -0.477 e. The van der Waals surface area contributed by atoms with Gasteiger partial charge in [-0.3, -0.25) is 0 Å². The minimum absolute atomic E-state index is 0.430. The number of rotatable bonds is 11. The summed E-state index contributed by atoms with van der Waals surface area (Å²) in [5.74, 6) is 6.59. The molecule has 1 aliphatic rings. The van der Waals surface area contributed by atoms with Gasteiger partial charge in [-0.05, 0) is 91.8 Å². The summed E-state index contributed by atoms with van der Waals surface area (Å²) >= 11 is 1.40. The molecule has 1 aromatic heterocycles. The van der Waals surface area contributed by atoms with Crippen LogP contribution in [0.2, 0.25) is 0 Å². The molecular formula is C33H36O2S. The van der Waals surface area contributed by atoms with E-state index in [1.54, 1.807) is 6.07 Å². The molecule has 0 amide bonds. The second-order valence-electron chi connectivity index (χ2n) is 9.71. The number of hydrogen-bond donors (Lipinski definition) is 1. The molecule has 2 aromatic carbocycles. The molecule has 1 N–H and O–H groups in total. The fourth-order valence-corrected chi connectivity index (χ4v) is 5.99. The first-order valence-electron chi connectivity index (χ1n) is 13.4. The molecule has 0 fully saturated rings. The van der Waals surface area contributed by atoms with E-state index >= 15 is 0 Å². The molecule has 1 aliphatic carbocycles. The Bertz CT molecular complexity index is 1220. The molecule has 0 aliphatic heterocycles. The van der Waals surface area contributed by atoms with Crippen LogP contribution in [-0.4, -0.2) is 11.1 Å². The van der Waals surface area contributed by atoms with Crippen molar-refractivity contribution in [2.75, 3.05) is 0 Å². The van der Waals surface area contributed by atoms with Crippen LogP contribution in [0.25, 0.3) is 5.57 Å². The predicted molar refractivity (Wildman–Crippen MR) is 151 cm³/mol. The largest absolute Gasteiger partial charge is 0.477 e. The maximum atomic E-state index is 11.2. The number of hydrogen-bond acceptors (Lipinski definition) is 2. The van der Waals surface area contributed by atoms with Crippen LogP contribution in [0.15, 0.2) is 72.3 Å². The van der Waals surface area contributed by atoms with Gasteiger partial charge < -0.3 is 5.11 Å². The number of benzene rings is 2. The lowest BCUT2D eigenvalue weighted by atomic mass is 9.88. The molecular weight excluding hydrogens is 460 g/mol. The van der Waals surface area contributed by atoms with E-state index in [1.807, 2.05) is 24.3 Å². The number of allylic oxidation sites excluding steroid dienone is 2. The van der Waals surface area contributed by atoms with Crippen LogP contribution in [0.1, 0.15) is 89.5 Å². The third kappa shape index (κ3) is 7.21. The van der Waals surface area contributed by atoms with E-state index in [-0.39, 0.29) is 0 Å². The molecule has 3 heteroatoms. The van der Waals surface area contributed by atoms with Crippen LogP contribution in [0.5, 0.6) is 0 Å². The standard InChI is InChI=1S/C33H36O2S/c1-2-3-4-6-12-26-16-19-28(20-17-26)32-27(13-9-14-30-23-24-31(36-30)33(34)35)21-22-29(32)18-15-25-10-7-5-8-11-25/h5,7-8,10-11,16-17,19-20,23-24,27H,2-4,6,9,12-14,21-22H2,1H3,(H,34,35). The number of aromatic carboxylic acids is 1. The van der Waals surface area contributed by atoms with E-state index < -0.39 is 5.97 Å². The number of carboxylic acids is 1. The summed E-state index contributed by atoms with van der Waals surface area (Å²) in [7, 11) is 0. The lowest BCUT2D eigenvalue weighted by Crippen LogP contribution is -2.01. The molecule has 36 heavy (non-hydrogen) atoms. The zero-order chi connectivity index (χ0) is 25.2. The summed E-state index contributed by atoms with van der Waals surface area (Å²) in [5.41, 5.74) is 6.50. The van der Waals surface area contributed by atoms with Crippen LogP contribution >= 0.6 is 11.3 Å². The van der Waals surface area contributed by atoms with Gasteiger partial charge in [0.05, 0.1) is 0 Å². The average Bonchev–Trinajstić information content (AvgIpc) is 3.54. The van der Waals surface area contributed by atoms with Gasteiger partial charge in [-0.1, -0.05) is 80.5 Å². The second kappa shape index (κ2) is 13.3. The van der Waals surface area contributed by atoms with Crippen LogP contribution in [0.4, 0.5) is 0 Å². The molecule has 1 unspecified atom stereocenters.